The van der Waals surface area contributed by atoms with Gasteiger partial charge in [0, 0.05) is 25.0 Å². The fourth-order valence-corrected chi connectivity index (χ4v) is 3.37. The maximum atomic E-state index is 12.6. The topological polar surface area (TPSA) is 72.7 Å². The summed E-state index contributed by atoms with van der Waals surface area (Å²) in [5, 5.41) is 2.71. The Kier molecular flexibility index (Phi) is 4.61. The Bertz CT molecular complexity index is 870. The number of nitrogens with one attached hydrogen (secondary N) is 1. The van der Waals surface area contributed by atoms with Crippen molar-refractivity contribution in [3.05, 3.63) is 58.9 Å². The Balaban J connectivity index is 1.83. The molecule has 0 aliphatic heterocycles. The van der Waals surface area contributed by atoms with Crippen LogP contribution >= 0.6 is 11.3 Å². The van der Waals surface area contributed by atoms with Gasteiger partial charge in [0.1, 0.15) is 11.0 Å². The first-order valence-corrected chi connectivity index (χ1v) is 8.30. The van der Waals surface area contributed by atoms with Crippen molar-refractivity contribution in [2.75, 3.05) is 6.54 Å². The molecule has 24 heavy (non-hydrogen) atoms. The number of hydrogen-bond donors (Lipinski definition) is 1. The van der Waals surface area contributed by atoms with E-state index in [-0.39, 0.29) is 12.5 Å². The van der Waals surface area contributed by atoms with E-state index < -0.39 is 12.1 Å². The van der Waals surface area contributed by atoms with Crippen LogP contribution in [0, 0.1) is 6.92 Å². The minimum Gasteiger partial charge on any atom is -0.451 e. The zero-order valence-corrected chi connectivity index (χ0v) is 14.2. The van der Waals surface area contributed by atoms with Crippen molar-refractivity contribution in [3.8, 4) is 0 Å². The summed E-state index contributed by atoms with van der Waals surface area (Å²) in [6.07, 6.45) is 2.96. The highest BCUT2D eigenvalue weighted by Gasteiger charge is 2.22. The summed E-state index contributed by atoms with van der Waals surface area (Å²) in [6.45, 7) is 3.52. The molecule has 0 spiro atoms. The molecular formula is C17H17N3O3S. The normalized spacial score (nSPS) is 12.1. The molecule has 0 aliphatic rings. The maximum Gasteiger partial charge on any atom is 0.350 e. The maximum absolute atomic E-state index is 12.6. The standard InChI is InChI=1S/C17H17N3O3S/c1-11-15(24-17-18-8-9-20(11)17)16(22)23-14(10-19-12(2)21)13-6-4-3-5-7-13/h3-9,14H,10H2,1-2H3,(H,19,21)/t14-/m0/s1. The van der Waals surface area contributed by atoms with Gasteiger partial charge in [-0.2, -0.15) is 0 Å². The number of aryl methyl sites for hydroxylation is 1. The largest absolute Gasteiger partial charge is 0.451 e. The van der Waals surface area contributed by atoms with Gasteiger partial charge >= 0.3 is 5.97 Å². The lowest BCUT2D eigenvalue weighted by molar-refractivity contribution is -0.119. The van der Waals surface area contributed by atoms with Crippen LogP contribution in [0.15, 0.2) is 42.7 Å². The van der Waals surface area contributed by atoms with E-state index in [9.17, 15) is 9.59 Å². The number of benzene rings is 1. The number of amides is 1. The monoisotopic (exact) mass is 343 g/mol. The number of fused-ring (bicyclic) bond motifs is 1. The molecule has 0 bridgehead atoms. The number of ether oxygens (including phenoxy) is 1. The fourth-order valence-electron chi connectivity index (χ4n) is 2.40. The van der Waals surface area contributed by atoms with E-state index in [1.807, 2.05) is 47.9 Å². The molecule has 1 N–H and O–H groups in total. The molecular weight excluding hydrogens is 326 g/mol. The van der Waals surface area contributed by atoms with Crippen LogP contribution in [0.2, 0.25) is 0 Å². The summed E-state index contributed by atoms with van der Waals surface area (Å²) in [4.78, 5) is 29.3. The molecule has 0 saturated carbocycles. The van der Waals surface area contributed by atoms with E-state index in [1.165, 1.54) is 18.3 Å². The molecule has 124 valence electrons. The number of nitrogens with zero attached hydrogens (tertiary/aromatic N) is 2. The third kappa shape index (κ3) is 3.30. The summed E-state index contributed by atoms with van der Waals surface area (Å²) in [6, 6.07) is 9.36. The molecule has 0 saturated heterocycles. The quantitative estimate of drug-likeness (QED) is 0.723. The second-order valence-corrected chi connectivity index (χ2v) is 6.32. The lowest BCUT2D eigenvalue weighted by Crippen LogP contribution is -2.28. The van der Waals surface area contributed by atoms with Crippen LogP contribution in [-0.4, -0.2) is 27.8 Å². The van der Waals surface area contributed by atoms with E-state index in [0.717, 1.165) is 16.2 Å². The van der Waals surface area contributed by atoms with Crippen LogP contribution in [0.3, 0.4) is 0 Å². The highest BCUT2D eigenvalue weighted by Crippen LogP contribution is 2.25. The molecule has 0 unspecified atom stereocenters. The molecule has 1 aromatic carbocycles. The summed E-state index contributed by atoms with van der Waals surface area (Å²) < 4.78 is 7.52. The first kappa shape index (κ1) is 16.2. The van der Waals surface area contributed by atoms with Gasteiger partial charge < -0.3 is 10.1 Å². The summed E-state index contributed by atoms with van der Waals surface area (Å²) in [5.74, 6) is -0.583. The van der Waals surface area contributed by atoms with Crippen LogP contribution < -0.4 is 5.32 Å². The average Bonchev–Trinajstić information content (AvgIpc) is 3.15. The van der Waals surface area contributed by atoms with Crippen LogP contribution in [0.25, 0.3) is 4.96 Å². The van der Waals surface area contributed by atoms with Crippen LogP contribution in [0.5, 0.6) is 0 Å². The highest BCUT2D eigenvalue weighted by atomic mass is 32.1. The second kappa shape index (κ2) is 6.84. The first-order chi connectivity index (χ1) is 11.6. The van der Waals surface area contributed by atoms with Crippen molar-refractivity contribution in [1.82, 2.24) is 14.7 Å². The van der Waals surface area contributed by atoms with E-state index in [4.69, 9.17) is 4.74 Å². The lowest BCUT2D eigenvalue weighted by Gasteiger charge is -2.18. The van der Waals surface area contributed by atoms with Crippen LogP contribution in [-0.2, 0) is 9.53 Å². The summed E-state index contributed by atoms with van der Waals surface area (Å²) in [5.41, 5.74) is 1.63. The van der Waals surface area contributed by atoms with E-state index >= 15 is 0 Å². The number of hydrogen-bond acceptors (Lipinski definition) is 5. The molecule has 7 heteroatoms. The minimum atomic E-state index is -0.545. The van der Waals surface area contributed by atoms with Gasteiger partial charge in [-0.25, -0.2) is 9.78 Å². The van der Waals surface area contributed by atoms with Gasteiger partial charge in [0.2, 0.25) is 5.91 Å². The molecule has 0 radical (unpaired) electrons. The van der Waals surface area contributed by atoms with E-state index in [0.29, 0.717) is 4.88 Å². The third-order valence-corrected chi connectivity index (χ3v) is 4.78. The molecule has 3 aromatic rings. The van der Waals surface area contributed by atoms with Gasteiger partial charge in [-0.3, -0.25) is 9.20 Å². The predicted octanol–water partition coefficient (Wildman–Crippen LogP) is 2.74. The molecule has 0 aliphatic carbocycles. The number of aromatic nitrogens is 2. The van der Waals surface area contributed by atoms with Crippen LogP contribution in [0.1, 0.15) is 34.0 Å². The predicted molar refractivity (Wildman–Crippen MR) is 91.1 cm³/mol. The Morgan fingerprint density at radius 3 is 2.75 bits per heavy atom. The Morgan fingerprint density at radius 2 is 2.08 bits per heavy atom. The molecule has 3 rings (SSSR count). The summed E-state index contributed by atoms with van der Waals surface area (Å²) in [7, 11) is 0. The number of rotatable bonds is 5. The molecule has 2 aromatic heterocycles. The average molecular weight is 343 g/mol. The molecule has 1 amide bonds. The van der Waals surface area contributed by atoms with Crippen molar-refractivity contribution in [1.29, 1.82) is 0 Å². The number of esters is 1. The van der Waals surface area contributed by atoms with Gasteiger partial charge in [0.05, 0.1) is 6.54 Å². The zero-order chi connectivity index (χ0) is 17.1. The van der Waals surface area contributed by atoms with Gasteiger partial charge in [-0.1, -0.05) is 41.7 Å². The Hall–Kier alpha value is -2.67. The van der Waals surface area contributed by atoms with Crippen LogP contribution in [0.4, 0.5) is 0 Å². The van der Waals surface area contributed by atoms with Crippen molar-refractivity contribution >= 4 is 28.2 Å². The number of thiazole rings is 1. The molecule has 1 atom stereocenters. The van der Waals surface area contributed by atoms with E-state index in [2.05, 4.69) is 10.3 Å². The smallest absolute Gasteiger partial charge is 0.350 e. The molecule has 6 nitrogen and oxygen atoms in total. The second-order valence-electron chi connectivity index (χ2n) is 5.34. The van der Waals surface area contributed by atoms with Crippen molar-refractivity contribution < 1.29 is 14.3 Å². The number of carbonyl (C=O) groups excluding carboxylic acids is 2. The van der Waals surface area contributed by atoms with Crippen molar-refractivity contribution in [2.45, 2.75) is 20.0 Å². The Morgan fingerprint density at radius 1 is 1.33 bits per heavy atom. The first-order valence-electron chi connectivity index (χ1n) is 7.49. The van der Waals surface area contributed by atoms with Gasteiger partial charge in [-0.05, 0) is 12.5 Å². The van der Waals surface area contributed by atoms with Gasteiger partial charge in [0.15, 0.2) is 4.96 Å². The lowest BCUT2D eigenvalue weighted by atomic mass is 10.1. The minimum absolute atomic E-state index is 0.169. The summed E-state index contributed by atoms with van der Waals surface area (Å²) >= 11 is 1.29. The van der Waals surface area contributed by atoms with Crippen molar-refractivity contribution in [2.24, 2.45) is 0 Å². The number of carbonyl (C=O) groups is 2. The third-order valence-electron chi connectivity index (χ3n) is 3.63. The molecule has 2 heterocycles. The number of imidazole rings is 1. The SMILES string of the molecule is CC(=O)NC[C@H](OC(=O)c1sc2nccn2c1C)c1ccccc1. The fraction of sp³-hybridized carbons (Fsp3) is 0.235. The van der Waals surface area contributed by atoms with Gasteiger partial charge in [-0.15, -0.1) is 0 Å². The van der Waals surface area contributed by atoms with E-state index in [1.54, 1.807) is 6.20 Å². The zero-order valence-electron chi connectivity index (χ0n) is 13.4. The van der Waals surface area contributed by atoms with Gasteiger partial charge in [0.25, 0.3) is 0 Å². The molecule has 0 fully saturated rings. The Labute approximate surface area is 143 Å². The van der Waals surface area contributed by atoms with Crippen molar-refractivity contribution in [3.63, 3.8) is 0 Å². The highest BCUT2D eigenvalue weighted by molar-refractivity contribution is 7.19.